The minimum Gasteiger partial charge on any atom is -0.307 e. The van der Waals surface area contributed by atoms with E-state index >= 15 is 0 Å². The van der Waals surface area contributed by atoms with Crippen molar-refractivity contribution in [2.24, 2.45) is 5.84 Å². The van der Waals surface area contributed by atoms with Crippen molar-refractivity contribution < 1.29 is 0 Å². The van der Waals surface area contributed by atoms with Crippen LogP contribution in [0.1, 0.15) is 26.2 Å². The van der Waals surface area contributed by atoms with Crippen LogP contribution in [-0.4, -0.2) is 10.7 Å². The summed E-state index contributed by atoms with van der Waals surface area (Å²) >= 11 is 13.5. The van der Waals surface area contributed by atoms with E-state index in [2.05, 4.69) is 17.3 Å². The zero-order chi connectivity index (χ0) is 12.0. The minimum atomic E-state index is 0.436. The van der Waals surface area contributed by atoms with Gasteiger partial charge in [-0.1, -0.05) is 43.0 Å². The molecule has 1 aromatic heterocycles. The first-order chi connectivity index (χ1) is 7.69. The van der Waals surface area contributed by atoms with Crippen LogP contribution in [0.15, 0.2) is 11.1 Å². The number of pyridine rings is 1. The highest BCUT2D eigenvalue weighted by Crippen LogP contribution is 2.31. The lowest BCUT2D eigenvalue weighted by Gasteiger charge is -2.07. The second kappa shape index (κ2) is 7.22. The van der Waals surface area contributed by atoms with Crippen molar-refractivity contribution in [1.29, 1.82) is 0 Å². The van der Waals surface area contributed by atoms with Crippen molar-refractivity contribution in [3.05, 3.63) is 16.1 Å². The van der Waals surface area contributed by atoms with Crippen LogP contribution in [0.2, 0.25) is 10.0 Å². The SMILES string of the molecule is CCCCCSc1nc(NN)c(Cl)cc1Cl. The van der Waals surface area contributed by atoms with Gasteiger partial charge in [-0.25, -0.2) is 10.8 Å². The van der Waals surface area contributed by atoms with E-state index in [9.17, 15) is 0 Å². The van der Waals surface area contributed by atoms with Gasteiger partial charge in [-0.05, 0) is 18.2 Å². The molecule has 0 aliphatic rings. The Morgan fingerprint density at radius 2 is 2.12 bits per heavy atom. The quantitative estimate of drug-likeness (QED) is 0.358. The number of hydrazine groups is 1. The molecule has 0 spiro atoms. The molecule has 0 radical (unpaired) electrons. The smallest absolute Gasteiger partial charge is 0.160 e. The Balaban J connectivity index is 2.64. The molecule has 3 nitrogen and oxygen atoms in total. The fourth-order valence-electron chi connectivity index (χ4n) is 1.17. The highest BCUT2D eigenvalue weighted by atomic mass is 35.5. The number of unbranched alkanes of at least 4 members (excludes halogenated alkanes) is 2. The average Bonchev–Trinajstić information content (AvgIpc) is 2.27. The number of rotatable bonds is 6. The van der Waals surface area contributed by atoms with E-state index in [1.807, 2.05) is 0 Å². The minimum absolute atomic E-state index is 0.436. The maximum atomic E-state index is 6.03. The third kappa shape index (κ3) is 4.01. The number of nitrogens with zero attached hydrogens (tertiary/aromatic N) is 1. The van der Waals surface area contributed by atoms with Gasteiger partial charge in [0.1, 0.15) is 5.03 Å². The molecule has 6 heteroatoms. The molecule has 16 heavy (non-hydrogen) atoms. The Labute approximate surface area is 110 Å². The zero-order valence-corrected chi connectivity index (χ0v) is 11.4. The number of thioether (sulfide) groups is 1. The second-order valence-corrected chi connectivity index (χ2v) is 5.20. The summed E-state index contributed by atoms with van der Waals surface area (Å²) in [5, 5.41) is 1.78. The molecule has 1 rings (SSSR count). The van der Waals surface area contributed by atoms with Crippen molar-refractivity contribution in [3.8, 4) is 0 Å². The van der Waals surface area contributed by atoms with E-state index in [4.69, 9.17) is 29.0 Å². The van der Waals surface area contributed by atoms with Gasteiger partial charge in [0.25, 0.3) is 0 Å². The summed E-state index contributed by atoms with van der Waals surface area (Å²) in [5.74, 6) is 6.76. The number of anilines is 1. The van der Waals surface area contributed by atoms with Crippen LogP contribution in [-0.2, 0) is 0 Å². The van der Waals surface area contributed by atoms with E-state index in [0.29, 0.717) is 15.9 Å². The van der Waals surface area contributed by atoms with Crippen molar-refractivity contribution in [2.75, 3.05) is 11.2 Å². The monoisotopic (exact) mass is 279 g/mol. The van der Waals surface area contributed by atoms with Gasteiger partial charge in [0, 0.05) is 0 Å². The van der Waals surface area contributed by atoms with Crippen LogP contribution in [0.25, 0.3) is 0 Å². The molecule has 0 aromatic carbocycles. The molecule has 1 aromatic rings. The number of hydrogen-bond donors (Lipinski definition) is 2. The lowest BCUT2D eigenvalue weighted by molar-refractivity contribution is 0.778. The molecular formula is C10H15Cl2N3S. The van der Waals surface area contributed by atoms with Crippen LogP contribution in [0.5, 0.6) is 0 Å². The van der Waals surface area contributed by atoms with E-state index in [1.54, 1.807) is 17.8 Å². The van der Waals surface area contributed by atoms with E-state index < -0.39 is 0 Å². The fourth-order valence-corrected chi connectivity index (χ4v) is 2.64. The van der Waals surface area contributed by atoms with E-state index in [0.717, 1.165) is 17.2 Å². The van der Waals surface area contributed by atoms with Crippen LogP contribution in [0.4, 0.5) is 5.82 Å². The summed E-state index contributed by atoms with van der Waals surface area (Å²) in [6.45, 7) is 2.18. The second-order valence-electron chi connectivity index (χ2n) is 3.31. The van der Waals surface area contributed by atoms with Crippen LogP contribution in [0.3, 0.4) is 0 Å². The Hall–Kier alpha value is -0.160. The van der Waals surface area contributed by atoms with Gasteiger partial charge in [0.2, 0.25) is 0 Å². The number of nitrogens with one attached hydrogen (secondary N) is 1. The Bertz CT molecular complexity index is 347. The van der Waals surface area contributed by atoms with Crippen LogP contribution < -0.4 is 11.3 Å². The molecule has 90 valence electrons. The molecule has 0 aliphatic carbocycles. The maximum absolute atomic E-state index is 6.03. The van der Waals surface area contributed by atoms with Gasteiger partial charge in [-0.15, -0.1) is 11.8 Å². The van der Waals surface area contributed by atoms with Gasteiger partial charge in [0.15, 0.2) is 5.82 Å². The molecule has 0 aliphatic heterocycles. The number of nitrogens with two attached hydrogens (primary N) is 1. The predicted octanol–water partition coefficient (Wildman–Crippen LogP) is 3.96. The molecule has 0 bridgehead atoms. The Kier molecular flexibility index (Phi) is 6.28. The third-order valence-corrected chi connectivity index (χ3v) is 3.79. The molecule has 0 unspecified atom stereocenters. The summed E-state index contributed by atoms with van der Waals surface area (Å²) < 4.78 is 0. The van der Waals surface area contributed by atoms with Crippen molar-refractivity contribution in [1.82, 2.24) is 4.98 Å². The van der Waals surface area contributed by atoms with Crippen molar-refractivity contribution in [2.45, 2.75) is 31.2 Å². The van der Waals surface area contributed by atoms with Crippen LogP contribution in [0, 0.1) is 0 Å². The highest BCUT2D eigenvalue weighted by Gasteiger charge is 2.08. The first kappa shape index (κ1) is 13.9. The van der Waals surface area contributed by atoms with Gasteiger partial charge >= 0.3 is 0 Å². The third-order valence-electron chi connectivity index (χ3n) is 2.02. The molecule has 0 fully saturated rings. The topological polar surface area (TPSA) is 50.9 Å². The first-order valence-electron chi connectivity index (χ1n) is 5.14. The van der Waals surface area contributed by atoms with Crippen molar-refractivity contribution in [3.63, 3.8) is 0 Å². The van der Waals surface area contributed by atoms with Gasteiger partial charge in [-0.2, -0.15) is 0 Å². The van der Waals surface area contributed by atoms with Gasteiger partial charge in [-0.3, -0.25) is 0 Å². The lowest BCUT2D eigenvalue weighted by atomic mass is 10.3. The van der Waals surface area contributed by atoms with Gasteiger partial charge in [0.05, 0.1) is 10.0 Å². The van der Waals surface area contributed by atoms with E-state index in [1.165, 1.54) is 12.8 Å². The molecule has 1 heterocycles. The molecule has 0 amide bonds. The highest BCUT2D eigenvalue weighted by molar-refractivity contribution is 7.99. The summed E-state index contributed by atoms with van der Waals surface area (Å²) in [4.78, 5) is 4.25. The predicted molar refractivity (Wildman–Crippen MR) is 72.3 cm³/mol. The molecule has 0 saturated carbocycles. The Morgan fingerprint density at radius 3 is 2.75 bits per heavy atom. The van der Waals surface area contributed by atoms with E-state index in [-0.39, 0.29) is 0 Å². The van der Waals surface area contributed by atoms with Gasteiger partial charge < -0.3 is 5.43 Å². The average molecular weight is 280 g/mol. The molecule has 3 N–H and O–H groups in total. The van der Waals surface area contributed by atoms with Crippen LogP contribution >= 0.6 is 35.0 Å². The normalized spacial score (nSPS) is 10.5. The first-order valence-corrected chi connectivity index (χ1v) is 6.88. The number of nitrogen functional groups attached to an aromatic ring is 1. The molecule has 0 atom stereocenters. The fraction of sp³-hybridized carbons (Fsp3) is 0.500. The standard InChI is InChI=1S/C10H15Cl2N3S/c1-2-3-4-5-16-10-8(12)6-7(11)9(14-10)15-13/h6H,2-5,13H2,1H3,(H,14,15). The summed E-state index contributed by atoms with van der Waals surface area (Å²) in [5.41, 5.74) is 2.45. The van der Waals surface area contributed by atoms with Crippen molar-refractivity contribution >= 4 is 40.8 Å². The maximum Gasteiger partial charge on any atom is 0.160 e. The summed E-state index contributed by atoms with van der Waals surface area (Å²) in [6, 6.07) is 1.66. The lowest BCUT2D eigenvalue weighted by Crippen LogP contribution is -2.09. The number of hydrogen-bond acceptors (Lipinski definition) is 4. The summed E-state index contributed by atoms with van der Waals surface area (Å²) in [6.07, 6.45) is 3.59. The number of halogens is 2. The summed E-state index contributed by atoms with van der Waals surface area (Å²) in [7, 11) is 0. The molecule has 0 saturated heterocycles. The Morgan fingerprint density at radius 1 is 1.38 bits per heavy atom. The largest absolute Gasteiger partial charge is 0.307 e. The number of aromatic nitrogens is 1. The molecular weight excluding hydrogens is 265 g/mol. The zero-order valence-electron chi connectivity index (χ0n) is 9.09.